The molecule has 0 saturated heterocycles. The van der Waals surface area contributed by atoms with E-state index in [1.54, 1.807) is 0 Å². The predicted molar refractivity (Wildman–Crippen MR) is 80.1 cm³/mol. The van der Waals surface area contributed by atoms with E-state index in [0.717, 1.165) is 38.0 Å². The van der Waals surface area contributed by atoms with Crippen molar-refractivity contribution in [3.63, 3.8) is 0 Å². The Kier molecular flexibility index (Phi) is 6.88. The highest BCUT2D eigenvalue weighted by Gasteiger charge is 2.36. The van der Waals surface area contributed by atoms with Gasteiger partial charge in [0.05, 0.1) is 5.92 Å². The molecule has 0 N–H and O–H groups in total. The molecule has 0 bridgehead atoms. The number of rotatable bonds is 8. The lowest BCUT2D eigenvalue weighted by molar-refractivity contribution is -0.164. The van der Waals surface area contributed by atoms with Gasteiger partial charge < -0.3 is 4.74 Å². The molecule has 0 aliphatic heterocycles. The molecule has 112 valence electrons. The zero-order valence-electron chi connectivity index (χ0n) is 13.3. The molecule has 1 aliphatic rings. The molecule has 1 fully saturated rings. The van der Waals surface area contributed by atoms with E-state index in [4.69, 9.17) is 4.74 Å². The van der Waals surface area contributed by atoms with Crippen LogP contribution in [-0.2, 0) is 9.53 Å². The Labute approximate surface area is 119 Å². The summed E-state index contributed by atoms with van der Waals surface area (Å²) in [7, 11) is 0. The second kappa shape index (κ2) is 7.91. The van der Waals surface area contributed by atoms with Gasteiger partial charge in [-0.15, -0.1) is 0 Å². The molecule has 0 aromatic heterocycles. The second-order valence-corrected chi connectivity index (χ2v) is 6.74. The Hall–Kier alpha value is -0.530. The molecule has 1 unspecified atom stereocenters. The standard InChI is InChI=1S/C17H32O2/c1-5-17(12-8-9-13-17)19-16(18)15(4)11-7-6-10-14(2)3/h14-15H,5-13H2,1-4H3. The summed E-state index contributed by atoms with van der Waals surface area (Å²) < 4.78 is 5.85. The monoisotopic (exact) mass is 268 g/mol. The van der Waals surface area contributed by atoms with Crippen LogP contribution in [0.1, 0.15) is 85.5 Å². The van der Waals surface area contributed by atoms with Crippen LogP contribution in [0.3, 0.4) is 0 Å². The van der Waals surface area contributed by atoms with E-state index < -0.39 is 0 Å². The van der Waals surface area contributed by atoms with Gasteiger partial charge in [-0.05, 0) is 44.4 Å². The Morgan fingerprint density at radius 2 is 1.68 bits per heavy atom. The maximum atomic E-state index is 12.2. The fourth-order valence-electron chi connectivity index (χ4n) is 2.98. The van der Waals surface area contributed by atoms with E-state index in [9.17, 15) is 4.79 Å². The first-order chi connectivity index (χ1) is 8.99. The molecule has 0 spiro atoms. The number of carbonyl (C=O) groups excluding carboxylic acids is 1. The van der Waals surface area contributed by atoms with Gasteiger partial charge in [0, 0.05) is 0 Å². The third-order valence-corrected chi connectivity index (χ3v) is 4.55. The van der Waals surface area contributed by atoms with Crippen molar-refractivity contribution in [3.8, 4) is 0 Å². The van der Waals surface area contributed by atoms with Crippen molar-refractivity contribution in [2.24, 2.45) is 11.8 Å². The Morgan fingerprint density at radius 1 is 1.11 bits per heavy atom. The summed E-state index contributed by atoms with van der Waals surface area (Å²) in [5.41, 5.74) is -0.122. The van der Waals surface area contributed by atoms with E-state index in [1.165, 1.54) is 25.7 Å². The van der Waals surface area contributed by atoms with Crippen LogP contribution in [0, 0.1) is 11.8 Å². The lowest BCUT2D eigenvalue weighted by Crippen LogP contribution is -2.33. The molecule has 1 aliphatic carbocycles. The topological polar surface area (TPSA) is 26.3 Å². The fraction of sp³-hybridized carbons (Fsp3) is 0.941. The molecule has 0 amide bonds. The fourth-order valence-corrected chi connectivity index (χ4v) is 2.98. The van der Waals surface area contributed by atoms with E-state index in [-0.39, 0.29) is 17.5 Å². The Bertz CT molecular complexity index is 264. The highest BCUT2D eigenvalue weighted by atomic mass is 16.6. The SMILES string of the molecule is CCC1(OC(=O)C(C)CCCCC(C)C)CCCC1. The summed E-state index contributed by atoms with van der Waals surface area (Å²) in [5.74, 6) is 0.869. The van der Waals surface area contributed by atoms with Crippen molar-refractivity contribution in [1.82, 2.24) is 0 Å². The largest absolute Gasteiger partial charge is 0.459 e. The van der Waals surface area contributed by atoms with Gasteiger partial charge >= 0.3 is 5.97 Å². The number of hydrogen-bond acceptors (Lipinski definition) is 2. The summed E-state index contributed by atoms with van der Waals surface area (Å²) >= 11 is 0. The van der Waals surface area contributed by atoms with Crippen LogP contribution in [0.5, 0.6) is 0 Å². The van der Waals surface area contributed by atoms with Crippen LogP contribution in [0.2, 0.25) is 0 Å². The molecule has 1 saturated carbocycles. The van der Waals surface area contributed by atoms with E-state index in [2.05, 4.69) is 20.8 Å². The van der Waals surface area contributed by atoms with Crippen LogP contribution < -0.4 is 0 Å². The maximum Gasteiger partial charge on any atom is 0.309 e. The minimum atomic E-state index is -0.122. The zero-order chi connectivity index (χ0) is 14.3. The molecule has 2 nitrogen and oxygen atoms in total. The van der Waals surface area contributed by atoms with Gasteiger partial charge in [0.25, 0.3) is 0 Å². The van der Waals surface area contributed by atoms with Gasteiger partial charge in [-0.2, -0.15) is 0 Å². The van der Waals surface area contributed by atoms with Crippen molar-refractivity contribution in [3.05, 3.63) is 0 Å². The quantitative estimate of drug-likeness (QED) is 0.452. The average molecular weight is 268 g/mol. The predicted octanol–water partition coefficient (Wildman–Crippen LogP) is 5.10. The number of unbranched alkanes of at least 4 members (excludes halogenated alkanes) is 1. The van der Waals surface area contributed by atoms with Crippen LogP contribution in [-0.4, -0.2) is 11.6 Å². The van der Waals surface area contributed by atoms with Crippen molar-refractivity contribution in [1.29, 1.82) is 0 Å². The van der Waals surface area contributed by atoms with Crippen LogP contribution in [0.4, 0.5) is 0 Å². The smallest absolute Gasteiger partial charge is 0.309 e. The van der Waals surface area contributed by atoms with Gasteiger partial charge in [-0.1, -0.05) is 47.0 Å². The molecule has 0 aromatic rings. The van der Waals surface area contributed by atoms with Gasteiger partial charge in [-0.3, -0.25) is 4.79 Å². The molecular formula is C17H32O2. The Morgan fingerprint density at radius 3 is 2.21 bits per heavy atom. The second-order valence-electron chi connectivity index (χ2n) is 6.74. The van der Waals surface area contributed by atoms with Gasteiger partial charge in [0.15, 0.2) is 0 Å². The molecule has 0 heterocycles. The number of hydrogen-bond donors (Lipinski definition) is 0. The number of ether oxygens (including phenoxy) is 1. The van der Waals surface area contributed by atoms with Gasteiger partial charge in [0.2, 0.25) is 0 Å². The zero-order valence-corrected chi connectivity index (χ0v) is 13.3. The molecule has 1 atom stereocenters. The number of carbonyl (C=O) groups is 1. The van der Waals surface area contributed by atoms with Crippen LogP contribution >= 0.6 is 0 Å². The summed E-state index contributed by atoms with van der Waals surface area (Å²) in [6.07, 6.45) is 10.1. The molecular weight excluding hydrogens is 236 g/mol. The number of esters is 1. The summed E-state index contributed by atoms with van der Waals surface area (Å²) in [6, 6.07) is 0. The molecule has 0 radical (unpaired) electrons. The van der Waals surface area contributed by atoms with E-state index >= 15 is 0 Å². The van der Waals surface area contributed by atoms with E-state index in [0.29, 0.717) is 0 Å². The van der Waals surface area contributed by atoms with Gasteiger partial charge in [0.1, 0.15) is 5.60 Å². The lowest BCUT2D eigenvalue weighted by Gasteiger charge is -2.29. The third-order valence-electron chi connectivity index (χ3n) is 4.55. The van der Waals surface area contributed by atoms with Crippen molar-refractivity contribution in [2.45, 2.75) is 91.1 Å². The van der Waals surface area contributed by atoms with Crippen LogP contribution in [0.25, 0.3) is 0 Å². The highest BCUT2D eigenvalue weighted by Crippen LogP contribution is 2.36. The van der Waals surface area contributed by atoms with Crippen molar-refractivity contribution >= 4 is 5.97 Å². The van der Waals surface area contributed by atoms with E-state index in [1.807, 2.05) is 6.92 Å². The first kappa shape index (κ1) is 16.5. The van der Waals surface area contributed by atoms with Crippen molar-refractivity contribution < 1.29 is 9.53 Å². The maximum absolute atomic E-state index is 12.2. The first-order valence-corrected chi connectivity index (χ1v) is 8.22. The minimum absolute atomic E-state index is 0.0355. The molecule has 19 heavy (non-hydrogen) atoms. The summed E-state index contributed by atoms with van der Waals surface area (Å²) in [4.78, 5) is 12.2. The summed E-state index contributed by atoms with van der Waals surface area (Å²) in [5, 5.41) is 0. The molecule has 0 aromatic carbocycles. The normalized spacial score (nSPS) is 19.6. The highest BCUT2D eigenvalue weighted by molar-refractivity contribution is 5.72. The lowest BCUT2D eigenvalue weighted by atomic mass is 9.97. The Balaban J connectivity index is 2.28. The van der Waals surface area contributed by atoms with Gasteiger partial charge in [-0.25, -0.2) is 0 Å². The van der Waals surface area contributed by atoms with Crippen molar-refractivity contribution in [2.75, 3.05) is 0 Å². The first-order valence-electron chi connectivity index (χ1n) is 8.22. The average Bonchev–Trinajstić information content (AvgIpc) is 2.83. The molecule has 2 heteroatoms. The van der Waals surface area contributed by atoms with Crippen LogP contribution in [0.15, 0.2) is 0 Å². The third kappa shape index (κ3) is 5.54. The minimum Gasteiger partial charge on any atom is -0.459 e. The molecule has 1 rings (SSSR count). The summed E-state index contributed by atoms with van der Waals surface area (Å²) in [6.45, 7) is 8.67.